The zero-order valence-electron chi connectivity index (χ0n) is 18.1. The van der Waals surface area contributed by atoms with Crippen LogP contribution in [0.1, 0.15) is 43.2 Å². The van der Waals surface area contributed by atoms with Gasteiger partial charge in [-0.25, -0.2) is 4.39 Å². The maximum atomic E-state index is 13.4. The number of aliphatic hydroxyl groups is 1. The van der Waals surface area contributed by atoms with E-state index in [0.717, 1.165) is 11.1 Å². The molecule has 4 rings (SSSR count). The summed E-state index contributed by atoms with van der Waals surface area (Å²) in [5, 5.41) is 9.85. The quantitative estimate of drug-likeness (QED) is 0.783. The number of amides is 1. The van der Waals surface area contributed by atoms with E-state index in [1.807, 2.05) is 6.92 Å². The van der Waals surface area contributed by atoms with Crippen LogP contribution in [0.2, 0.25) is 0 Å². The lowest BCUT2D eigenvalue weighted by Gasteiger charge is -2.42. The SMILES string of the molecule is Cc1cc(C(=O)N2CC[C@]3(c4ccc(F)cc4)OCO[C@@H]3C2)ccc1OCC(C)(C)O.[HH]. The summed E-state index contributed by atoms with van der Waals surface area (Å²) in [7, 11) is 0. The molecular formula is C24H30FNO5. The number of halogens is 1. The summed E-state index contributed by atoms with van der Waals surface area (Å²) < 4.78 is 30.8. The van der Waals surface area contributed by atoms with E-state index in [1.165, 1.54) is 12.1 Å². The lowest BCUT2D eigenvalue weighted by Crippen LogP contribution is -2.53. The van der Waals surface area contributed by atoms with Crippen LogP contribution in [0.3, 0.4) is 0 Å². The Bertz CT molecular complexity index is 962. The van der Waals surface area contributed by atoms with Crippen LogP contribution in [-0.4, -0.2) is 54.1 Å². The van der Waals surface area contributed by atoms with Crippen molar-refractivity contribution < 1.29 is 29.9 Å². The van der Waals surface area contributed by atoms with Gasteiger partial charge in [-0.3, -0.25) is 4.79 Å². The van der Waals surface area contributed by atoms with E-state index in [2.05, 4.69) is 0 Å². The molecule has 0 saturated carbocycles. The van der Waals surface area contributed by atoms with Crippen LogP contribution in [0.4, 0.5) is 4.39 Å². The molecule has 2 fully saturated rings. The number of carbonyl (C=O) groups is 1. The van der Waals surface area contributed by atoms with Gasteiger partial charge in [-0.2, -0.15) is 0 Å². The lowest BCUT2D eigenvalue weighted by atomic mass is 9.82. The van der Waals surface area contributed by atoms with Gasteiger partial charge in [0, 0.05) is 20.0 Å². The monoisotopic (exact) mass is 431 g/mol. The van der Waals surface area contributed by atoms with Crippen molar-refractivity contribution in [3.05, 3.63) is 65.0 Å². The van der Waals surface area contributed by atoms with Crippen molar-refractivity contribution in [2.45, 2.75) is 44.5 Å². The van der Waals surface area contributed by atoms with Crippen LogP contribution in [-0.2, 0) is 15.1 Å². The van der Waals surface area contributed by atoms with Gasteiger partial charge >= 0.3 is 0 Å². The van der Waals surface area contributed by atoms with Crippen LogP contribution in [0.25, 0.3) is 0 Å². The minimum Gasteiger partial charge on any atom is -0.490 e. The maximum absolute atomic E-state index is 13.4. The number of piperidine rings is 1. The summed E-state index contributed by atoms with van der Waals surface area (Å²) in [5.74, 6) is 0.258. The van der Waals surface area contributed by atoms with Gasteiger partial charge < -0.3 is 24.2 Å². The average molecular weight is 432 g/mol. The van der Waals surface area contributed by atoms with Crippen molar-refractivity contribution in [1.82, 2.24) is 4.90 Å². The van der Waals surface area contributed by atoms with E-state index < -0.39 is 11.2 Å². The molecule has 2 aromatic rings. The fourth-order valence-electron chi connectivity index (χ4n) is 4.19. The topological polar surface area (TPSA) is 68.2 Å². The summed E-state index contributed by atoms with van der Waals surface area (Å²) in [4.78, 5) is 14.9. The molecular weight excluding hydrogens is 401 g/mol. The molecule has 1 N–H and O–H groups in total. The molecule has 0 radical (unpaired) electrons. The van der Waals surface area contributed by atoms with E-state index in [4.69, 9.17) is 14.2 Å². The normalized spacial score (nSPS) is 23.5. The second-order valence-electron chi connectivity index (χ2n) is 8.90. The van der Waals surface area contributed by atoms with Gasteiger partial charge in [0.15, 0.2) is 0 Å². The van der Waals surface area contributed by atoms with E-state index >= 15 is 0 Å². The average Bonchev–Trinajstić information content (AvgIpc) is 3.16. The number of hydrogen-bond acceptors (Lipinski definition) is 5. The largest absolute Gasteiger partial charge is 0.490 e. The number of aryl methyl sites for hydroxylation is 1. The van der Waals surface area contributed by atoms with Gasteiger partial charge in [-0.15, -0.1) is 0 Å². The summed E-state index contributed by atoms with van der Waals surface area (Å²) >= 11 is 0. The molecule has 1 amide bonds. The Labute approximate surface area is 183 Å². The first kappa shape index (κ1) is 21.7. The van der Waals surface area contributed by atoms with Crippen molar-refractivity contribution in [2.75, 3.05) is 26.5 Å². The maximum Gasteiger partial charge on any atom is 0.253 e. The minimum atomic E-state index is -0.935. The highest BCUT2D eigenvalue weighted by Gasteiger charge is 2.51. The molecule has 7 heteroatoms. The van der Waals surface area contributed by atoms with E-state index in [9.17, 15) is 14.3 Å². The number of carbonyl (C=O) groups excluding carboxylic acids is 1. The third-order valence-corrected chi connectivity index (χ3v) is 5.87. The number of ether oxygens (including phenoxy) is 3. The number of fused-ring (bicyclic) bond motifs is 1. The Morgan fingerprint density at radius 2 is 2.06 bits per heavy atom. The predicted octanol–water partition coefficient (Wildman–Crippen LogP) is 3.64. The summed E-state index contributed by atoms with van der Waals surface area (Å²) in [6, 6.07) is 11.6. The molecule has 0 spiro atoms. The highest BCUT2D eigenvalue weighted by molar-refractivity contribution is 5.94. The molecule has 2 saturated heterocycles. The Morgan fingerprint density at radius 3 is 2.74 bits per heavy atom. The fraction of sp³-hybridized carbons (Fsp3) is 0.458. The summed E-state index contributed by atoms with van der Waals surface area (Å²) in [5.41, 5.74) is 0.673. The third-order valence-electron chi connectivity index (χ3n) is 5.87. The van der Waals surface area contributed by atoms with Crippen LogP contribution in [0.5, 0.6) is 5.75 Å². The number of nitrogens with zero attached hydrogens (tertiary/aromatic N) is 1. The van der Waals surface area contributed by atoms with E-state index in [1.54, 1.807) is 49.1 Å². The molecule has 0 aromatic heterocycles. The molecule has 168 valence electrons. The molecule has 2 atom stereocenters. The fourth-order valence-corrected chi connectivity index (χ4v) is 4.19. The van der Waals surface area contributed by atoms with Crippen LogP contribution in [0.15, 0.2) is 42.5 Å². The molecule has 6 nitrogen and oxygen atoms in total. The van der Waals surface area contributed by atoms with Gasteiger partial charge in [-0.1, -0.05) is 12.1 Å². The highest BCUT2D eigenvalue weighted by Crippen LogP contribution is 2.42. The number of hydrogen-bond donors (Lipinski definition) is 1. The van der Waals surface area contributed by atoms with Gasteiger partial charge in [0.05, 0.1) is 12.1 Å². The molecule has 0 bridgehead atoms. The summed E-state index contributed by atoms with van der Waals surface area (Å²) in [6.45, 7) is 6.45. The van der Waals surface area contributed by atoms with Crippen molar-refractivity contribution in [2.24, 2.45) is 0 Å². The van der Waals surface area contributed by atoms with Crippen LogP contribution in [0, 0.1) is 12.7 Å². The first-order valence-corrected chi connectivity index (χ1v) is 10.4. The Kier molecular flexibility index (Phi) is 5.77. The number of likely N-dealkylation sites (tertiary alicyclic amines) is 1. The Hall–Kier alpha value is -2.48. The van der Waals surface area contributed by atoms with Gasteiger partial charge in [0.25, 0.3) is 5.91 Å². The minimum absolute atomic E-state index is 0. The van der Waals surface area contributed by atoms with E-state index in [-0.39, 0.29) is 32.7 Å². The lowest BCUT2D eigenvalue weighted by molar-refractivity contribution is -0.0439. The molecule has 2 heterocycles. The molecule has 2 aliphatic rings. The predicted molar refractivity (Wildman–Crippen MR) is 115 cm³/mol. The third kappa shape index (κ3) is 4.44. The molecule has 0 aliphatic carbocycles. The van der Waals surface area contributed by atoms with Crippen molar-refractivity contribution in [1.29, 1.82) is 0 Å². The Balaban J connectivity index is 0.00000289. The van der Waals surface area contributed by atoms with Gasteiger partial charge in [0.1, 0.15) is 36.7 Å². The zero-order chi connectivity index (χ0) is 22.2. The standard InChI is InChI=1S/C24H28FNO5.H2/c1-16-12-17(4-9-20(16)29-14-23(2,3)28)22(27)26-11-10-24(21(13-26)30-15-31-24)18-5-7-19(25)8-6-18;/h4-9,12,21,28H,10-11,13-15H2,1-3H3;1H/t21-,24-;/m1./s1. The molecule has 0 unspecified atom stereocenters. The number of benzene rings is 2. The molecule has 31 heavy (non-hydrogen) atoms. The second-order valence-corrected chi connectivity index (χ2v) is 8.90. The first-order chi connectivity index (χ1) is 14.7. The van der Waals surface area contributed by atoms with Gasteiger partial charge in [-0.05, 0) is 62.2 Å². The smallest absolute Gasteiger partial charge is 0.253 e. The second kappa shape index (κ2) is 8.22. The highest BCUT2D eigenvalue weighted by atomic mass is 19.1. The van der Waals surface area contributed by atoms with Gasteiger partial charge in [0.2, 0.25) is 0 Å². The van der Waals surface area contributed by atoms with Crippen LogP contribution >= 0.6 is 0 Å². The van der Waals surface area contributed by atoms with Crippen LogP contribution < -0.4 is 4.74 Å². The molecule has 2 aliphatic heterocycles. The molecule has 2 aromatic carbocycles. The van der Waals surface area contributed by atoms with Crippen molar-refractivity contribution >= 4 is 5.91 Å². The first-order valence-electron chi connectivity index (χ1n) is 10.4. The van der Waals surface area contributed by atoms with Crippen molar-refractivity contribution in [3.63, 3.8) is 0 Å². The zero-order valence-corrected chi connectivity index (χ0v) is 18.1. The summed E-state index contributed by atoms with van der Waals surface area (Å²) in [6.07, 6.45) is 0.256. The Morgan fingerprint density at radius 1 is 1.32 bits per heavy atom. The van der Waals surface area contributed by atoms with E-state index in [0.29, 0.717) is 30.8 Å². The van der Waals surface area contributed by atoms with Crippen molar-refractivity contribution in [3.8, 4) is 5.75 Å². The number of rotatable bonds is 5.